The van der Waals surface area contributed by atoms with E-state index in [0.717, 1.165) is 31.4 Å². The molecule has 0 aliphatic heterocycles. The van der Waals surface area contributed by atoms with Crippen LogP contribution in [0.5, 0.6) is 0 Å². The summed E-state index contributed by atoms with van der Waals surface area (Å²) in [6.07, 6.45) is 5.76. The van der Waals surface area contributed by atoms with Crippen molar-refractivity contribution in [3.8, 4) is 0 Å². The van der Waals surface area contributed by atoms with Crippen LogP contribution in [0.1, 0.15) is 51.9 Å². The van der Waals surface area contributed by atoms with Gasteiger partial charge in [0.25, 0.3) is 0 Å². The number of carbonyl (C=O) groups excluding carboxylic acids is 2. The third-order valence-electron chi connectivity index (χ3n) is 3.06. The Bertz CT molecular complexity index is 387. The van der Waals surface area contributed by atoms with Crippen molar-refractivity contribution in [2.24, 2.45) is 0 Å². The summed E-state index contributed by atoms with van der Waals surface area (Å²) in [4.78, 5) is 22.7. The van der Waals surface area contributed by atoms with Gasteiger partial charge in [-0.15, -0.1) is 0 Å². The number of hydrogen-bond acceptors (Lipinski definition) is 2. The summed E-state index contributed by atoms with van der Waals surface area (Å²) in [5.41, 5.74) is 0.848. The van der Waals surface area contributed by atoms with Crippen LogP contribution in [0, 0.1) is 0 Å². The molecule has 0 bridgehead atoms. The van der Waals surface area contributed by atoms with Crippen molar-refractivity contribution in [3.05, 3.63) is 30.3 Å². The summed E-state index contributed by atoms with van der Waals surface area (Å²) < 4.78 is 0. The van der Waals surface area contributed by atoms with Gasteiger partial charge in [0.05, 0.1) is 0 Å². The van der Waals surface area contributed by atoms with Gasteiger partial charge in [-0.05, 0) is 25.0 Å². The molecule has 0 saturated carbocycles. The maximum atomic E-state index is 11.6. The van der Waals surface area contributed by atoms with E-state index < -0.39 is 0 Å². The molecule has 0 atom stereocenters. The van der Waals surface area contributed by atoms with Gasteiger partial charge < -0.3 is 5.32 Å². The number of nitrogens with one attached hydrogen (secondary N) is 1. The van der Waals surface area contributed by atoms with Gasteiger partial charge in [0.15, 0.2) is 0 Å². The zero-order valence-corrected chi connectivity index (χ0v) is 11.7. The van der Waals surface area contributed by atoms with E-state index in [1.165, 1.54) is 0 Å². The number of anilines is 1. The first-order chi connectivity index (χ1) is 9.22. The molecule has 0 aromatic heterocycles. The lowest BCUT2D eigenvalue weighted by Gasteiger charge is -2.04. The van der Waals surface area contributed by atoms with E-state index in [0.29, 0.717) is 25.0 Å². The highest BCUT2D eigenvalue weighted by Gasteiger charge is 2.02. The van der Waals surface area contributed by atoms with Gasteiger partial charge in [-0.1, -0.05) is 38.0 Å². The molecule has 3 heteroatoms. The van der Waals surface area contributed by atoms with Crippen LogP contribution < -0.4 is 5.32 Å². The molecule has 0 aliphatic rings. The highest BCUT2D eigenvalue weighted by atomic mass is 16.1. The summed E-state index contributed by atoms with van der Waals surface area (Å²) in [6, 6.07) is 9.50. The fourth-order valence-corrected chi connectivity index (χ4v) is 1.88. The van der Waals surface area contributed by atoms with Gasteiger partial charge >= 0.3 is 0 Å². The molecule has 0 unspecified atom stereocenters. The topological polar surface area (TPSA) is 46.2 Å². The molecule has 0 aliphatic carbocycles. The number of unbranched alkanes of at least 4 members (excludes halogenated alkanes) is 3. The molecule has 3 nitrogen and oxygen atoms in total. The number of para-hydroxylation sites is 1. The first kappa shape index (κ1) is 15.4. The smallest absolute Gasteiger partial charge is 0.224 e. The first-order valence-corrected chi connectivity index (χ1v) is 7.09. The Kier molecular flexibility index (Phi) is 7.56. The third kappa shape index (κ3) is 7.39. The Morgan fingerprint density at radius 1 is 0.947 bits per heavy atom. The third-order valence-corrected chi connectivity index (χ3v) is 3.06. The molecule has 0 saturated heterocycles. The average molecular weight is 261 g/mol. The standard InChI is InChI=1S/C16H23NO2/c1-2-15(18)12-8-3-4-9-13-16(19)17-14-10-6-5-7-11-14/h5-7,10-11H,2-4,8-9,12-13H2,1H3,(H,17,19). The number of amides is 1. The highest BCUT2D eigenvalue weighted by Crippen LogP contribution is 2.09. The molecule has 104 valence electrons. The molecule has 0 heterocycles. The molecule has 1 aromatic rings. The van der Waals surface area contributed by atoms with Crippen LogP contribution in [-0.2, 0) is 9.59 Å². The number of benzene rings is 1. The lowest BCUT2D eigenvalue weighted by atomic mass is 10.1. The Balaban J connectivity index is 2.03. The van der Waals surface area contributed by atoms with Crippen LogP contribution in [0.15, 0.2) is 30.3 Å². The molecule has 1 aromatic carbocycles. The van der Waals surface area contributed by atoms with Crippen molar-refractivity contribution < 1.29 is 9.59 Å². The summed E-state index contributed by atoms with van der Waals surface area (Å²) >= 11 is 0. The summed E-state index contributed by atoms with van der Waals surface area (Å²) in [5.74, 6) is 0.401. The fourth-order valence-electron chi connectivity index (χ4n) is 1.88. The minimum absolute atomic E-state index is 0.0656. The number of Topliss-reactive ketones (excluding diaryl/α,β-unsaturated/α-hetero) is 1. The maximum absolute atomic E-state index is 11.6. The SMILES string of the molecule is CCC(=O)CCCCCCC(=O)Nc1ccccc1. The predicted molar refractivity (Wildman–Crippen MR) is 78.1 cm³/mol. The lowest BCUT2D eigenvalue weighted by Crippen LogP contribution is -2.10. The van der Waals surface area contributed by atoms with Crippen LogP contribution >= 0.6 is 0 Å². The normalized spacial score (nSPS) is 10.2. The van der Waals surface area contributed by atoms with E-state index in [4.69, 9.17) is 0 Å². The zero-order valence-electron chi connectivity index (χ0n) is 11.7. The monoisotopic (exact) mass is 261 g/mol. The molecule has 0 fully saturated rings. The van der Waals surface area contributed by atoms with Crippen molar-refractivity contribution in [1.82, 2.24) is 0 Å². The maximum Gasteiger partial charge on any atom is 0.224 e. The number of rotatable bonds is 9. The van der Waals surface area contributed by atoms with E-state index in [-0.39, 0.29) is 5.91 Å². The molecule has 19 heavy (non-hydrogen) atoms. The Hall–Kier alpha value is -1.64. The molecule has 1 amide bonds. The summed E-state index contributed by atoms with van der Waals surface area (Å²) in [7, 11) is 0. The highest BCUT2D eigenvalue weighted by molar-refractivity contribution is 5.90. The quantitative estimate of drug-likeness (QED) is 0.684. The van der Waals surface area contributed by atoms with Gasteiger partial charge in [0, 0.05) is 24.9 Å². The van der Waals surface area contributed by atoms with Crippen molar-refractivity contribution in [2.75, 3.05) is 5.32 Å². The Morgan fingerprint density at radius 3 is 2.21 bits per heavy atom. The molecular weight excluding hydrogens is 238 g/mol. The van der Waals surface area contributed by atoms with Crippen molar-refractivity contribution >= 4 is 17.4 Å². The van der Waals surface area contributed by atoms with Gasteiger partial charge in [-0.25, -0.2) is 0 Å². The second-order valence-electron chi connectivity index (χ2n) is 4.72. The number of ketones is 1. The summed E-state index contributed by atoms with van der Waals surface area (Å²) in [6.45, 7) is 1.90. The van der Waals surface area contributed by atoms with Crippen molar-refractivity contribution in [2.45, 2.75) is 51.9 Å². The van der Waals surface area contributed by atoms with E-state index in [9.17, 15) is 9.59 Å². The van der Waals surface area contributed by atoms with Gasteiger partial charge in [-0.3, -0.25) is 9.59 Å². The van der Waals surface area contributed by atoms with Crippen LogP contribution in [0.4, 0.5) is 5.69 Å². The van der Waals surface area contributed by atoms with Crippen LogP contribution in [0.3, 0.4) is 0 Å². The Labute approximate surface area is 115 Å². The largest absolute Gasteiger partial charge is 0.326 e. The molecule has 1 rings (SSSR count). The van der Waals surface area contributed by atoms with E-state index >= 15 is 0 Å². The van der Waals surface area contributed by atoms with E-state index in [1.807, 2.05) is 37.3 Å². The Morgan fingerprint density at radius 2 is 1.58 bits per heavy atom. The van der Waals surface area contributed by atoms with Crippen molar-refractivity contribution in [1.29, 1.82) is 0 Å². The lowest BCUT2D eigenvalue weighted by molar-refractivity contribution is -0.119. The van der Waals surface area contributed by atoms with Gasteiger partial charge in [0.1, 0.15) is 5.78 Å². The van der Waals surface area contributed by atoms with E-state index in [2.05, 4.69) is 5.32 Å². The first-order valence-electron chi connectivity index (χ1n) is 7.09. The fraction of sp³-hybridized carbons (Fsp3) is 0.500. The van der Waals surface area contributed by atoms with Crippen LogP contribution in [0.2, 0.25) is 0 Å². The molecule has 0 spiro atoms. The van der Waals surface area contributed by atoms with Crippen LogP contribution in [0.25, 0.3) is 0 Å². The zero-order chi connectivity index (χ0) is 13.9. The second-order valence-corrected chi connectivity index (χ2v) is 4.72. The minimum atomic E-state index is 0.0656. The average Bonchev–Trinajstić information content (AvgIpc) is 2.43. The number of hydrogen-bond donors (Lipinski definition) is 1. The molecule has 0 radical (unpaired) electrons. The predicted octanol–water partition coefficient (Wildman–Crippen LogP) is 3.94. The summed E-state index contributed by atoms with van der Waals surface area (Å²) in [5, 5.41) is 2.87. The van der Waals surface area contributed by atoms with Crippen LogP contribution in [-0.4, -0.2) is 11.7 Å². The van der Waals surface area contributed by atoms with Crippen molar-refractivity contribution in [3.63, 3.8) is 0 Å². The number of carbonyl (C=O) groups is 2. The second kappa shape index (κ2) is 9.31. The van der Waals surface area contributed by atoms with Gasteiger partial charge in [-0.2, -0.15) is 0 Å². The van der Waals surface area contributed by atoms with E-state index in [1.54, 1.807) is 0 Å². The van der Waals surface area contributed by atoms with Gasteiger partial charge in [0.2, 0.25) is 5.91 Å². The molecular formula is C16H23NO2. The minimum Gasteiger partial charge on any atom is -0.326 e. The molecule has 1 N–H and O–H groups in total.